The summed E-state index contributed by atoms with van der Waals surface area (Å²) in [6.45, 7) is 5.79. The third-order valence-corrected chi connectivity index (χ3v) is 2.61. The van der Waals surface area contributed by atoms with Gasteiger partial charge in [-0.25, -0.2) is 0 Å². The maximum Gasteiger partial charge on any atom is 0.143 e. The first kappa shape index (κ1) is 17.2. The van der Waals surface area contributed by atoms with E-state index in [0.717, 1.165) is 0 Å². The smallest absolute Gasteiger partial charge is 0.143 e. The molecule has 1 unspecified atom stereocenters. The SMILES string of the molecule is COCCOCCOCCCC(=O)C(C)C(C)=O. The van der Waals surface area contributed by atoms with Crippen molar-refractivity contribution in [2.75, 3.05) is 40.1 Å². The Bertz CT molecular complexity index is 240. The summed E-state index contributed by atoms with van der Waals surface area (Å²) in [5.74, 6) is -0.572. The first-order chi connectivity index (χ1) is 8.59. The number of rotatable bonds is 12. The Hall–Kier alpha value is -0.780. The minimum Gasteiger partial charge on any atom is -0.382 e. The Labute approximate surface area is 109 Å². The summed E-state index contributed by atoms with van der Waals surface area (Å²) in [7, 11) is 1.62. The second-order valence-corrected chi connectivity index (χ2v) is 4.12. The Morgan fingerprint density at radius 3 is 2.11 bits per heavy atom. The Morgan fingerprint density at radius 1 is 1.00 bits per heavy atom. The lowest BCUT2D eigenvalue weighted by atomic mass is 9.99. The van der Waals surface area contributed by atoms with Crippen molar-refractivity contribution in [1.29, 1.82) is 0 Å². The van der Waals surface area contributed by atoms with Crippen LogP contribution in [0.5, 0.6) is 0 Å². The average Bonchev–Trinajstić information content (AvgIpc) is 2.35. The number of methoxy groups -OCH3 is 1. The van der Waals surface area contributed by atoms with Gasteiger partial charge in [0.1, 0.15) is 11.6 Å². The van der Waals surface area contributed by atoms with Crippen molar-refractivity contribution in [3.63, 3.8) is 0 Å². The minimum absolute atomic E-state index is 0.0116. The monoisotopic (exact) mass is 260 g/mol. The van der Waals surface area contributed by atoms with E-state index < -0.39 is 5.92 Å². The number of carbonyl (C=O) groups excluding carboxylic acids is 2. The van der Waals surface area contributed by atoms with Gasteiger partial charge in [-0.1, -0.05) is 0 Å². The highest BCUT2D eigenvalue weighted by Crippen LogP contribution is 2.04. The lowest BCUT2D eigenvalue weighted by Crippen LogP contribution is -2.18. The molecule has 0 rings (SSSR count). The lowest BCUT2D eigenvalue weighted by Gasteiger charge is -2.07. The molecule has 0 amide bonds. The summed E-state index contributed by atoms with van der Waals surface area (Å²) < 4.78 is 15.3. The third-order valence-electron chi connectivity index (χ3n) is 2.61. The zero-order chi connectivity index (χ0) is 13.8. The van der Waals surface area contributed by atoms with Gasteiger partial charge in [0, 0.05) is 20.1 Å². The Balaban J connectivity index is 3.30. The summed E-state index contributed by atoms with van der Waals surface area (Å²) in [6.07, 6.45) is 1.04. The molecular weight excluding hydrogens is 236 g/mol. The van der Waals surface area contributed by atoms with Gasteiger partial charge in [0.25, 0.3) is 0 Å². The molecule has 106 valence electrons. The summed E-state index contributed by atoms with van der Waals surface area (Å²) in [6, 6.07) is 0. The summed E-state index contributed by atoms with van der Waals surface area (Å²) >= 11 is 0. The van der Waals surface area contributed by atoms with Gasteiger partial charge in [0.2, 0.25) is 0 Å². The van der Waals surface area contributed by atoms with Crippen molar-refractivity contribution < 1.29 is 23.8 Å². The minimum atomic E-state index is -0.484. The average molecular weight is 260 g/mol. The molecule has 0 aliphatic heterocycles. The third kappa shape index (κ3) is 9.27. The molecule has 0 radical (unpaired) electrons. The van der Waals surface area contributed by atoms with E-state index in [-0.39, 0.29) is 11.6 Å². The number of ether oxygens (including phenoxy) is 3. The van der Waals surface area contributed by atoms with Gasteiger partial charge in [-0.2, -0.15) is 0 Å². The maximum absolute atomic E-state index is 11.5. The number of carbonyl (C=O) groups is 2. The highest BCUT2D eigenvalue weighted by Gasteiger charge is 2.16. The number of ketones is 2. The van der Waals surface area contributed by atoms with Crippen LogP contribution in [0.2, 0.25) is 0 Å². The topological polar surface area (TPSA) is 61.8 Å². The standard InChI is InChI=1S/C13H24O5/c1-11(12(2)14)13(15)5-4-6-17-9-10-18-8-7-16-3/h11H,4-10H2,1-3H3. The van der Waals surface area contributed by atoms with Crippen LogP contribution in [0, 0.1) is 5.92 Å². The van der Waals surface area contributed by atoms with E-state index in [0.29, 0.717) is 45.9 Å². The predicted molar refractivity (Wildman–Crippen MR) is 67.6 cm³/mol. The predicted octanol–water partition coefficient (Wildman–Crippen LogP) is 1.24. The van der Waals surface area contributed by atoms with Gasteiger partial charge in [-0.3, -0.25) is 9.59 Å². The molecule has 0 saturated heterocycles. The molecule has 5 heteroatoms. The van der Waals surface area contributed by atoms with E-state index in [2.05, 4.69) is 0 Å². The maximum atomic E-state index is 11.5. The van der Waals surface area contributed by atoms with E-state index in [1.54, 1.807) is 14.0 Å². The van der Waals surface area contributed by atoms with E-state index in [4.69, 9.17) is 14.2 Å². The van der Waals surface area contributed by atoms with Crippen molar-refractivity contribution in [3.05, 3.63) is 0 Å². The molecular formula is C13H24O5. The van der Waals surface area contributed by atoms with Crippen LogP contribution in [-0.2, 0) is 23.8 Å². The molecule has 1 atom stereocenters. The highest BCUT2D eigenvalue weighted by atomic mass is 16.5. The first-order valence-corrected chi connectivity index (χ1v) is 6.27. The first-order valence-electron chi connectivity index (χ1n) is 6.27. The molecule has 0 aliphatic rings. The van der Waals surface area contributed by atoms with Crippen LogP contribution >= 0.6 is 0 Å². The summed E-state index contributed by atoms with van der Waals surface area (Å²) in [5.41, 5.74) is 0. The quantitative estimate of drug-likeness (QED) is 0.390. The van der Waals surface area contributed by atoms with Gasteiger partial charge in [0.15, 0.2) is 0 Å². The van der Waals surface area contributed by atoms with Crippen LogP contribution in [0.25, 0.3) is 0 Å². The molecule has 0 N–H and O–H groups in total. The molecule has 18 heavy (non-hydrogen) atoms. The number of hydrogen-bond acceptors (Lipinski definition) is 5. The van der Waals surface area contributed by atoms with Crippen LogP contribution in [-0.4, -0.2) is 51.7 Å². The fourth-order valence-corrected chi connectivity index (χ4v) is 1.26. The van der Waals surface area contributed by atoms with Crippen molar-refractivity contribution in [1.82, 2.24) is 0 Å². The molecule has 0 fully saturated rings. The lowest BCUT2D eigenvalue weighted by molar-refractivity contribution is -0.131. The Kier molecular flexibility index (Phi) is 10.8. The molecule has 0 aromatic rings. The largest absolute Gasteiger partial charge is 0.382 e. The highest BCUT2D eigenvalue weighted by molar-refractivity contribution is 6.00. The molecule has 5 nitrogen and oxygen atoms in total. The van der Waals surface area contributed by atoms with Crippen molar-refractivity contribution in [2.24, 2.45) is 5.92 Å². The van der Waals surface area contributed by atoms with Crippen molar-refractivity contribution in [2.45, 2.75) is 26.7 Å². The zero-order valence-electron chi connectivity index (χ0n) is 11.6. The van der Waals surface area contributed by atoms with Gasteiger partial charge in [0.05, 0.1) is 32.3 Å². The summed E-state index contributed by atoms with van der Waals surface area (Å²) in [4.78, 5) is 22.4. The molecule has 0 spiro atoms. The Morgan fingerprint density at radius 2 is 1.56 bits per heavy atom. The van der Waals surface area contributed by atoms with Crippen molar-refractivity contribution in [3.8, 4) is 0 Å². The van der Waals surface area contributed by atoms with Gasteiger partial charge < -0.3 is 14.2 Å². The van der Waals surface area contributed by atoms with E-state index in [1.807, 2.05) is 0 Å². The van der Waals surface area contributed by atoms with Gasteiger partial charge >= 0.3 is 0 Å². The number of hydrogen-bond donors (Lipinski definition) is 0. The second-order valence-electron chi connectivity index (χ2n) is 4.12. The molecule has 0 aliphatic carbocycles. The van der Waals surface area contributed by atoms with Crippen LogP contribution in [0.4, 0.5) is 0 Å². The van der Waals surface area contributed by atoms with Crippen LogP contribution < -0.4 is 0 Å². The molecule has 0 heterocycles. The zero-order valence-corrected chi connectivity index (χ0v) is 11.6. The van der Waals surface area contributed by atoms with E-state index >= 15 is 0 Å². The van der Waals surface area contributed by atoms with Crippen LogP contribution in [0.1, 0.15) is 26.7 Å². The fraction of sp³-hybridized carbons (Fsp3) is 0.846. The van der Waals surface area contributed by atoms with Crippen LogP contribution in [0.15, 0.2) is 0 Å². The molecule has 0 bridgehead atoms. The van der Waals surface area contributed by atoms with Crippen LogP contribution in [0.3, 0.4) is 0 Å². The van der Waals surface area contributed by atoms with Crippen molar-refractivity contribution >= 4 is 11.6 Å². The molecule has 0 aromatic heterocycles. The van der Waals surface area contributed by atoms with E-state index in [1.165, 1.54) is 6.92 Å². The molecule has 0 aromatic carbocycles. The number of Topliss-reactive ketones (excluding diaryl/α,β-unsaturated/α-hetero) is 2. The molecule has 0 saturated carbocycles. The van der Waals surface area contributed by atoms with E-state index in [9.17, 15) is 9.59 Å². The van der Waals surface area contributed by atoms with Gasteiger partial charge in [-0.05, 0) is 20.3 Å². The summed E-state index contributed by atoms with van der Waals surface area (Å²) in [5, 5.41) is 0. The normalized spacial score (nSPS) is 12.4. The second kappa shape index (κ2) is 11.3. The fourth-order valence-electron chi connectivity index (χ4n) is 1.26. The van der Waals surface area contributed by atoms with Gasteiger partial charge in [-0.15, -0.1) is 0 Å².